The molecule has 0 fully saturated rings. The fraction of sp³-hybridized carbons (Fsp3) is 0.333. The fourth-order valence-electron chi connectivity index (χ4n) is 1.03. The van der Waals surface area contributed by atoms with Gasteiger partial charge < -0.3 is 0 Å². The van der Waals surface area contributed by atoms with E-state index in [9.17, 15) is 0 Å². The largest absolute Gasteiger partial charge is 0.0913 e. The molecule has 0 aliphatic carbocycles. The number of hydrogen-bond donors (Lipinski definition) is 0. The summed E-state index contributed by atoms with van der Waals surface area (Å²) < 4.78 is 0. The Labute approximate surface area is 94.4 Å². The molecule has 0 aliphatic rings. The van der Waals surface area contributed by atoms with Crippen LogP contribution in [0.4, 0.5) is 0 Å². The van der Waals surface area contributed by atoms with Gasteiger partial charge in [0.2, 0.25) is 0 Å². The van der Waals surface area contributed by atoms with Crippen LogP contribution in [-0.2, 0) is 0 Å². The maximum Gasteiger partial charge on any atom is -0.0139 e. The molecule has 0 amide bonds. The molecule has 0 aromatic carbocycles. The van der Waals surface area contributed by atoms with Crippen molar-refractivity contribution in [2.24, 2.45) is 0 Å². The predicted molar refractivity (Wildman–Crippen MR) is 70.9 cm³/mol. The van der Waals surface area contributed by atoms with Crippen molar-refractivity contribution in [2.75, 3.05) is 0 Å². The van der Waals surface area contributed by atoms with Crippen molar-refractivity contribution in [3.8, 4) is 0 Å². The van der Waals surface area contributed by atoms with Crippen LogP contribution in [0.2, 0.25) is 0 Å². The van der Waals surface area contributed by atoms with Gasteiger partial charge >= 0.3 is 0 Å². The SMILES string of the molecule is CC=CC=CCC=CC=C(C)CC=CC. The summed E-state index contributed by atoms with van der Waals surface area (Å²) in [7, 11) is 0. The standard InChI is InChI=1S/C15H22/c1-4-6-8-9-10-11-12-14-15(3)13-7-5-2/h4-9,11-12,14H,10,13H2,1-3H3. The third-order valence-electron chi connectivity index (χ3n) is 1.90. The fourth-order valence-corrected chi connectivity index (χ4v) is 1.03. The quantitative estimate of drug-likeness (QED) is 0.421. The van der Waals surface area contributed by atoms with E-state index in [-0.39, 0.29) is 0 Å². The molecule has 0 saturated heterocycles. The summed E-state index contributed by atoms with van der Waals surface area (Å²) in [6.07, 6.45) is 21.1. The van der Waals surface area contributed by atoms with Gasteiger partial charge in [-0.1, -0.05) is 60.3 Å². The van der Waals surface area contributed by atoms with E-state index in [0.29, 0.717) is 0 Å². The van der Waals surface area contributed by atoms with Crippen LogP contribution < -0.4 is 0 Å². The summed E-state index contributed by atoms with van der Waals surface area (Å²) >= 11 is 0. The van der Waals surface area contributed by atoms with E-state index in [4.69, 9.17) is 0 Å². The van der Waals surface area contributed by atoms with Crippen molar-refractivity contribution >= 4 is 0 Å². The van der Waals surface area contributed by atoms with E-state index in [1.165, 1.54) is 5.57 Å². The van der Waals surface area contributed by atoms with Gasteiger partial charge in [0.05, 0.1) is 0 Å². The first kappa shape index (κ1) is 13.7. The van der Waals surface area contributed by atoms with Crippen molar-refractivity contribution in [1.82, 2.24) is 0 Å². The molecule has 0 aliphatic heterocycles. The lowest BCUT2D eigenvalue weighted by Crippen LogP contribution is -1.70. The third-order valence-corrected chi connectivity index (χ3v) is 1.90. The van der Waals surface area contributed by atoms with Gasteiger partial charge in [0.25, 0.3) is 0 Å². The van der Waals surface area contributed by atoms with Gasteiger partial charge in [-0.15, -0.1) is 0 Å². The van der Waals surface area contributed by atoms with E-state index in [1.807, 2.05) is 19.1 Å². The summed E-state index contributed by atoms with van der Waals surface area (Å²) in [4.78, 5) is 0. The van der Waals surface area contributed by atoms with Crippen molar-refractivity contribution in [3.05, 3.63) is 60.3 Å². The van der Waals surface area contributed by atoms with Gasteiger partial charge in [-0.3, -0.25) is 0 Å². The molecule has 15 heavy (non-hydrogen) atoms. The zero-order valence-electron chi connectivity index (χ0n) is 10.1. The average molecular weight is 202 g/mol. The molecular formula is C15H22. The van der Waals surface area contributed by atoms with Gasteiger partial charge in [0.15, 0.2) is 0 Å². The lowest BCUT2D eigenvalue weighted by atomic mass is 10.2. The highest BCUT2D eigenvalue weighted by molar-refractivity contribution is 5.14. The van der Waals surface area contributed by atoms with Crippen LogP contribution in [-0.4, -0.2) is 0 Å². The normalized spacial score (nSPS) is 14.2. The molecular weight excluding hydrogens is 180 g/mol. The second-order valence-electron chi connectivity index (χ2n) is 3.40. The summed E-state index contributed by atoms with van der Waals surface area (Å²) in [5.74, 6) is 0. The number of hydrogen-bond acceptors (Lipinski definition) is 0. The summed E-state index contributed by atoms with van der Waals surface area (Å²) in [6, 6.07) is 0. The van der Waals surface area contributed by atoms with E-state index in [0.717, 1.165) is 12.8 Å². The van der Waals surface area contributed by atoms with Crippen LogP contribution in [0.1, 0.15) is 33.6 Å². The molecule has 0 heteroatoms. The van der Waals surface area contributed by atoms with Crippen molar-refractivity contribution in [1.29, 1.82) is 0 Å². The second kappa shape index (κ2) is 10.8. The summed E-state index contributed by atoms with van der Waals surface area (Å²) in [5.41, 5.74) is 1.39. The van der Waals surface area contributed by atoms with Crippen LogP contribution in [0.25, 0.3) is 0 Å². The molecule has 0 aromatic rings. The lowest BCUT2D eigenvalue weighted by molar-refractivity contribution is 1.20. The van der Waals surface area contributed by atoms with Crippen molar-refractivity contribution < 1.29 is 0 Å². The molecule has 0 atom stereocenters. The molecule has 0 unspecified atom stereocenters. The van der Waals surface area contributed by atoms with E-state index >= 15 is 0 Å². The summed E-state index contributed by atoms with van der Waals surface area (Å²) in [6.45, 7) is 6.22. The monoisotopic (exact) mass is 202 g/mol. The maximum absolute atomic E-state index is 2.17. The van der Waals surface area contributed by atoms with Crippen molar-refractivity contribution in [3.63, 3.8) is 0 Å². The molecule has 0 spiro atoms. The minimum Gasteiger partial charge on any atom is -0.0913 e. The van der Waals surface area contributed by atoms with E-state index in [2.05, 4.69) is 56.4 Å². The molecule has 0 saturated carbocycles. The minimum absolute atomic E-state index is 0.998. The highest BCUT2D eigenvalue weighted by atomic mass is 13.9. The van der Waals surface area contributed by atoms with Crippen LogP contribution in [0.3, 0.4) is 0 Å². The second-order valence-corrected chi connectivity index (χ2v) is 3.40. The Hall–Kier alpha value is -1.30. The number of allylic oxidation sites excluding steroid dienone is 10. The van der Waals surface area contributed by atoms with Gasteiger partial charge in [-0.05, 0) is 33.6 Å². The van der Waals surface area contributed by atoms with Crippen LogP contribution >= 0.6 is 0 Å². The Balaban J connectivity index is 3.77. The molecule has 82 valence electrons. The summed E-state index contributed by atoms with van der Waals surface area (Å²) in [5, 5.41) is 0. The first-order valence-corrected chi connectivity index (χ1v) is 5.52. The first-order valence-electron chi connectivity index (χ1n) is 5.52. The highest BCUT2D eigenvalue weighted by Crippen LogP contribution is 2.01. The zero-order chi connectivity index (χ0) is 11.4. The Morgan fingerprint density at radius 3 is 2.27 bits per heavy atom. The molecule has 0 bridgehead atoms. The van der Waals surface area contributed by atoms with Crippen molar-refractivity contribution in [2.45, 2.75) is 33.6 Å². The Morgan fingerprint density at radius 2 is 1.60 bits per heavy atom. The third kappa shape index (κ3) is 10.6. The Bertz CT molecular complexity index is 272. The van der Waals surface area contributed by atoms with Gasteiger partial charge in [0.1, 0.15) is 0 Å². The average Bonchev–Trinajstić information content (AvgIpc) is 2.25. The predicted octanol–water partition coefficient (Wildman–Crippen LogP) is 4.98. The van der Waals surface area contributed by atoms with Crippen LogP contribution in [0.5, 0.6) is 0 Å². The number of rotatable bonds is 6. The van der Waals surface area contributed by atoms with Crippen LogP contribution in [0, 0.1) is 0 Å². The maximum atomic E-state index is 2.17. The lowest BCUT2D eigenvalue weighted by Gasteiger charge is -1.90. The first-order chi connectivity index (χ1) is 7.31. The molecule has 0 radical (unpaired) electrons. The Morgan fingerprint density at radius 1 is 0.867 bits per heavy atom. The van der Waals surface area contributed by atoms with Gasteiger partial charge in [0, 0.05) is 0 Å². The van der Waals surface area contributed by atoms with Crippen LogP contribution in [0.15, 0.2) is 60.3 Å². The smallest absolute Gasteiger partial charge is 0.0139 e. The van der Waals surface area contributed by atoms with E-state index < -0.39 is 0 Å². The molecule has 0 aromatic heterocycles. The molecule has 0 nitrogen and oxygen atoms in total. The molecule has 0 N–H and O–H groups in total. The molecule has 0 heterocycles. The highest BCUT2D eigenvalue weighted by Gasteiger charge is 1.80. The van der Waals surface area contributed by atoms with Gasteiger partial charge in [-0.25, -0.2) is 0 Å². The van der Waals surface area contributed by atoms with E-state index in [1.54, 1.807) is 0 Å². The van der Waals surface area contributed by atoms with Gasteiger partial charge in [-0.2, -0.15) is 0 Å². The minimum atomic E-state index is 0.998. The zero-order valence-corrected chi connectivity index (χ0v) is 10.1. The Kier molecular flexibility index (Phi) is 9.84. The topological polar surface area (TPSA) is 0 Å². The molecule has 0 rings (SSSR count).